The fourth-order valence-corrected chi connectivity index (χ4v) is 0.453. The Bertz CT molecular complexity index is 78.0. The molecule has 0 aliphatic rings. The van der Waals surface area contributed by atoms with Gasteiger partial charge in [-0.3, -0.25) is 0 Å². The summed E-state index contributed by atoms with van der Waals surface area (Å²) < 4.78 is 0. The molecule has 8 heavy (non-hydrogen) atoms. The van der Waals surface area contributed by atoms with Crippen molar-refractivity contribution in [1.29, 1.82) is 0 Å². The maximum Gasteiger partial charge on any atom is -0.0350 e. The lowest BCUT2D eigenvalue weighted by Gasteiger charge is -1.78. The molecule has 0 rings (SSSR count). The van der Waals surface area contributed by atoms with Crippen molar-refractivity contribution in [2.45, 2.75) is 26.7 Å². The van der Waals surface area contributed by atoms with Crippen molar-refractivity contribution in [3.05, 3.63) is 24.3 Å². The van der Waals surface area contributed by atoms with Gasteiger partial charge in [-0.2, -0.15) is 0 Å². The van der Waals surface area contributed by atoms with Gasteiger partial charge in [0.1, 0.15) is 0 Å². The molecule has 0 saturated carbocycles. The molecular formula is C8H14. The van der Waals surface area contributed by atoms with Crippen molar-refractivity contribution in [1.82, 2.24) is 0 Å². The molecule has 0 aromatic heterocycles. The summed E-state index contributed by atoms with van der Waals surface area (Å²) >= 11 is 0. The molecule has 0 amide bonds. The third kappa shape index (κ3) is 5.48. The smallest absolute Gasteiger partial charge is 0.0350 e. The van der Waals surface area contributed by atoms with Crippen LogP contribution >= 0.6 is 0 Å². The summed E-state index contributed by atoms with van der Waals surface area (Å²) in [6.07, 6.45) is 10.8. The lowest BCUT2D eigenvalue weighted by atomic mass is 10.3. The number of hydrogen-bond acceptors (Lipinski definition) is 0. The van der Waals surface area contributed by atoms with E-state index in [2.05, 4.69) is 25.2 Å². The van der Waals surface area contributed by atoms with Crippen LogP contribution in [-0.2, 0) is 0 Å². The third-order valence-corrected chi connectivity index (χ3v) is 0.895. The molecule has 46 valence electrons. The Morgan fingerprint density at radius 3 is 2.50 bits per heavy atom. The summed E-state index contributed by atoms with van der Waals surface area (Å²) in [7, 11) is 0. The normalized spacial score (nSPS) is 11.8. The van der Waals surface area contributed by atoms with Gasteiger partial charge in [0, 0.05) is 0 Å². The van der Waals surface area contributed by atoms with Crippen LogP contribution in [-0.4, -0.2) is 0 Å². The number of allylic oxidation sites excluding steroid dienone is 4. The molecule has 0 fully saturated rings. The van der Waals surface area contributed by atoms with E-state index in [0.29, 0.717) is 0 Å². The number of rotatable bonds is 3. The molecule has 0 radical (unpaired) electrons. The quantitative estimate of drug-likeness (QED) is 0.490. The van der Waals surface area contributed by atoms with Gasteiger partial charge in [-0.1, -0.05) is 37.6 Å². The first kappa shape index (κ1) is 7.48. The maximum atomic E-state index is 2.18. The molecule has 0 aromatic carbocycles. The van der Waals surface area contributed by atoms with E-state index in [1.807, 2.05) is 13.0 Å². The largest absolute Gasteiger partial charge is 0.0877 e. The molecule has 0 bridgehead atoms. The van der Waals surface area contributed by atoms with Crippen molar-refractivity contribution in [2.75, 3.05) is 0 Å². The molecule has 0 saturated heterocycles. The predicted molar refractivity (Wildman–Crippen MR) is 38.9 cm³/mol. The van der Waals surface area contributed by atoms with Crippen molar-refractivity contribution in [2.24, 2.45) is 0 Å². The van der Waals surface area contributed by atoms with Gasteiger partial charge >= 0.3 is 0 Å². The van der Waals surface area contributed by atoms with Crippen LogP contribution in [0.1, 0.15) is 26.7 Å². The molecular weight excluding hydrogens is 96.1 g/mol. The van der Waals surface area contributed by atoms with Crippen LogP contribution in [0.2, 0.25) is 0 Å². The van der Waals surface area contributed by atoms with Gasteiger partial charge in [0.05, 0.1) is 0 Å². The molecule has 0 nitrogen and oxygen atoms in total. The third-order valence-electron chi connectivity index (χ3n) is 0.895. The highest BCUT2D eigenvalue weighted by Crippen LogP contribution is 1.87. The van der Waals surface area contributed by atoms with E-state index in [0.717, 1.165) is 0 Å². The number of hydrogen-bond donors (Lipinski definition) is 0. The molecule has 0 heterocycles. The zero-order valence-corrected chi connectivity index (χ0v) is 5.72. The van der Waals surface area contributed by atoms with Crippen LogP contribution in [0.4, 0.5) is 0 Å². The highest BCUT2D eigenvalue weighted by atomic mass is 13.7. The Morgan fingerprint density at radius 2 is 2.00 bits per heavy atom. The lowest BCUT2D eigenvalue weighted by molar-refractivity contribution is 0.959. The Hall–Kier alpha value is -0.520. The zero-order chi connectivity index (χ0) is 6.24. The molecule has 0 aliphatic heterocycles. The van der Waals surface area contributed by atoms with E-state index in [-0.39, 0.29) is 0 Å². The van der Waals surface area contributed by atoms with E-state index < -0.39 is 0 Å². The summed E-state index contributed by atoms with van der Waals surface area (Å²) in [4.78, 5) is 0. The standard InChI is InChI=1S/C8H14/c1-3-5-7-8-6-4-2/h3,5,7-8H,4,6H2,1-2H3/b5-3+,8-7-. The Morgan fingerprint density at radius 1 is 1.25 bits per heavy atom. The average Bonchev–Trinajstić information content (AvgIpc) is 1.81. The number of unbranched alkanes of at least 4 members (excludes halogenated alkanes) is 1. The van der Waals surface area contributed by atoms with Gasteiger partial charge in [0.2, 0.25) is 0 Å². The van der Waals surface area contributed by atoms with Gasteiger partial charge in [0.15, 0.2) is 0 Å². The minimum absolute atomic E-state index is 1.20. The van der Waals surface area contributed by atoms with E-state index in [9.17, 15) is 0 Å². The molecule has 0 N–H and O–H groups in total. The van der Waals surface area contributed by atoms with Crippen LogP contribution in [0.5, 0.6) is 0 Å². The fraction of sp³-hybridized carbons (Fsp3) is 0.500. The van der Waals surface area contributed by atoms with Gasteiger partial charge < -0.3 is 0 Å². The van der Waals surface area contributed by atoms with Crippen molar-refractivity contribution >= 4 is 0 Å². The van der Waals surface area contributed by atoms with E-state index in [1.54, 1.807) is 0 Å². The first-order valence-electron chi connectivity index (χ1n) is 3.19. The topological polar surface area (TPSA) is 0 Å². The van der Waals surface area contributed by atoms with E-state index in [4.69, 9.17) is 0 Å². The lowest BCUT2D eigenvalue weighted by Crippen LogP contribution is -1.57. The minimum Gasteiger partial charge on any atom is -0.0877 e. The van der Waals surface area contributed by atoms with E-state index >= 15 is 0 Å². The molecule has 0 aliphatic carbocycles. The Kier molecular flexibility index (Phi) is 6.06. The van der Waals surface area contributed by atoms with Crippen LogP contribution in [0, 0.1) is 0 Å². The van der Waals surface area contributed by atoms with Crippen LogP contribution < -0.4 is 0 Å². The average molecular weight is 110 g/mol. The molecule has 0 spiro atoms. The second-order valence-corrected chi connectivity index (χ2v) is 1.74. The summed E-state index contributed by atoms with van der Waals surface area (Å²) in [5.41, 5.74) is 0. The van der Waals surface area contributed by atoms with Crippen molar-refractivity contribution in [3.8, 4) is 0 Å². The Balaban J connectivity index is 3.07. The van der Waals surface area contributed by atoms with Crippen LogP contribution in [0.25, 0.3) is 0 Å². The molecule has 0 atom stereocenters. The van der Waals surface area contributed by atoms with Gasteiger partial charge in [-0.25, -0.2) is 0 Å². The van der Waals surface area contributed by atoms with Gasteiger partial charge in [-0.15, -0.1) is 0 Å². The summed E-state index contributed by atoms with van der Waals surface area (Å²) in [6.45, 7) is 4.20. The summed E-state index contributed by atoms with van der Waals surface area (Å²) in [5, 5.41) is 0. The second-order valence-electron chi connectivity index (χ2n) is 1.74. The predicted octanol–water partition coefficient (Wildman–Crippen LogP) is 2.92. The first-order chi connectivity index (χ1) is 3.91. The summed E-state index contributed by atoms with van der Waals surface area (Å²) in [6, 6.07) is 0. The van der Waals surface area contributed by atoms with Crippen molar-refractivity contribution < 1.29 is 0 Å². The fourth-order valence-electron chi connectivity index (χ4n) is 0.453. The highest BCUT2D eigenvalue weighted by molar-refractivity contribution is 5.00. The molecule has 0 aromatic rings. The van der Waals surface area contributed by atoms with Gasteiger partial charge in [-0.05, 0) is 13.3 Å². The summed E-state index contributed by atoms with van der Waals surface area (Å²) in [5.74, 6) is 0. The minimum atomic E-state index is 1.20. The molecule has 0 unspecified atom stereocenters. The molecule has 0 heteroatoms. The second kappa shape index (κ2) is 6.48. The van der Waals surface area contributed by atoms with Crippen LogP contribution in [0.3, 0.4) is 0 Å². The zero-order valence-electron chi connectivity index (χ0n) is 5.72. The highest BCUT2D eigenvalue weighted by Gasteiger charge is 1.67. The van der Waals surface area contributed by atoms with Crippen molar-refractivity contribution in [3.63, 3.8) is 0 Å². The maximum absolute atomic E-state index is 2.18. The monoisotopic (exact) mass is 110 g/mol. The Labute approximate surface area is 51.9 Å². The SMILES string of the molecule is C/C=C/C=C\CCC. The van der Waals surface area contributed by atoms with E-state index in [1.165, 1.54) is 12.8 Å². The van der Waals surface area contributed by atoms with Gasteiger partial charge in [0.25, 0.3) is 0 Å². The van der Waals surface area contributed by atoms with Crippen LogP contribution in [0.15, 0.2) is 24.3 Å². The first-order valence-corrected chi connectivity index (χ1v) is 3.19.